The van der Waals surface area contributed by atoms with E-state index in [0.29, 0.717) is 32.8 Å². The molecule has 0 aliphatic heterocycles. The molecule has 4 heterocycles. The number of benzene rings is 2. The first kappa shape index (κ1) is 27.4. The molecule has 6 rings (SSSR count). The molecule has 6 aromatic rings. The van der Waals surface area contributed by atoms with Crippen LogP contribution in [0.5, 0.6) is 0 Å². The van der Waals surface area contributed by atoms with E-state index in [1.807, 2.05) is 52.0 Å². The van der Waals surface area contributed by atoms with Gasteiger partial charge in [-0.25, -0.2) is 0 Å². The van der Waals surface area contributed by atoms with E-state index < -0.39 is 0 Å². The van der Waals surface area contributed by atoms with E-state index >= 15 is 0 Å². The molecule has 0 aliphatic rings. The maximum atomic E-state index is 11.2. The van der Waals surface area contributed by atoms with Gasteiger partial charge >= 0.3 is 17.1 Å². The molecular formula is C28H22CuN6O4+. The van der Waals surface area contributed by atoms with Gasteiger partial charge in [0.25, 0.3) is 11.4 Å². The zero-order chi connectivity index (χ0) is 27.1. The van der Waals surface area contributed by atoms with Gasteiger partial charge in [0.05, 0.1) is 31.7 Å². The summed E-state index contributed by atoms with van der Waals surface area (Å²) in [4.78, 5) is 39.3. The van der Waals surface area contributed by atoms with Gasteiger partial charge in [-0.1, -0.05) is 12.1 Å². The third kappa shape index (κ3) is 5.22. The minimum Gasteiger partial charge on any atom is -0.258 e. The molecule has 4 aromatic heterocycles. The quantitative estimate of drug-likeness (QED) is 0.0981. The van der Waals surface area contributed by atoms with Gasteiger partial charge in [-0.2, -0.15) is 0 Å². The first-order valence-electron chi connectivity index (χ1n) is 11.8. The average Bonchev–Trinajstić information content (AvgIpc) is 2.88. The van der Waals surface area contributed by atoms with Gasteiger partial charge in [0.2, 0.25) is 0 Å². The average molecular weight is 570 g/mol. The number of hydrogen-bond acceptors (Lipinski definition) is 8. The second-order valence-electron chi connectivity index (χ2n) is 9.05. The Kier molecular flexibility index (Phi) is 7.49. The van der Waals surface area contributed by atoms with E-state index in [4.69, 9.17) is 0 Å². The third-order valence-corrected chi connectivity index (χ3v) is 6.18. The zero-order valence-corrected chi connectivity index (χ0v) is 22.3. The largest absolute Gasteiger partial charge is 1.00 e. The maximum Gasteiger partial charge on any atom is 1.00 e. The minimum absolute atomic E-state index is 0. The molecule has 0 unspecified atom stereocenters. The van der Waals surface area contributed by atoms with Gasteiger partial charge in [0.15, 0.2) is 0 Å². The van der Waals surface area contributed by atoms with Gasteiger partial charge in [0.1, 0.15) is 11.0 Å². The number of rotatable bonds is 2. The van der Waals surface area contributed by atoms with Crippen molar-refractivity contribution in [2.24, 2.45) is 0 Å². The van der Waals surface area contributed by atoms with E-state index in [9.17, 15) is 20.2 Å². The minimum atomic E-state index is -0.376. The molecule has 10 nitrogen and oxygen atoms in total. The van der Waals surface area contributed by atoms with Crippen LogP contribution >= 0.6 is 0 Å². The molecule has 0 amide bonds. The Balaban J connectivity index is 0.000000176. The van der Waals surface area contributed by atoms with Crippen molar-refractivity contribution >= 4 is 55.0 Å². The molecule has 0 bridgehead atoms. The van der Waals surface area contributed by atoms with Crippen molar-refractivity contribution in [3.05, 3.63) is 104 Å². The Morgan fingerprint density at radius 2 is 0.821 bits per heavy atom. The zero-order valence-electron chi connectivity index (χ0n) is 21.4. The van der Waals surface area contributed by atoms with E-state index in [1.54, 1.807) is 36.4 Å². The second-order valence-corrected chi connectivity index (χ2v) is 9.05. The SMILES string of the molecule is Cc1ccc2cc([N+](=O)[O-])c3ccc(C)nc3c2n1.Cc1ccc2cc([N+](=O)[O-])c3ccc(C)nc3c2n1.[Cu+]. The summed E-state index contributed by atoms with van der Waals surface area (Å²) in [5.41, 5.74) is 6.11. The molecule has 11 heteroatoms. The van der Waals surface area contributed by atoms with Crippen LogP contribution in [0.4, 0.5) is 11.4 Å². The third-order valence-electron chi connectivity index (χ3n) is 6.18. The van der Waals surface area contributed by atoms with Crippen molar-refractivity contribution in [1.82, 2.24) is 19.9 Å². The molecule has 0 atom stereocenters. The number of fused-ring (bicyclic) bond motifs is 6. The number of aromatic nitrogens is 4. The fourth-order valence-corrected chi connectivity index (χ4v) is 4.39. The van der Waals surface area contributed by atoms with E-state index in [0.717, 1.165) is 33.5 Å². The van der Waals surface area contributed by atoms with Gasteiger partial charge < -0.3 is 0 Å². The van der Waals surface area contributed by atoms with E-state index in [1.165, 1.54) is 0 Å². The topological polar surface area (TPSA) is 138 Å². The first-order chi connectivity index (χ1) is 18.1. The van der Waals surface area contributed by atoms with Crippen molar-refractivity contribution in [3.63, 3.8) is 0 Å². The van der Waals surface area contributed by atoms with Crippen LogP contribution < -0.4 is 0 Å². The van der Waals surface area contributed by atoms with Gasteiger partial charge in [-0.05, 0) is 64.1 Å². The summed E-state index contributed by atoms with van der Waals surface area (Å²) in [5.74, 6) is 0. The first-order valence-corrected chi connectivity index (χ1v) is 11.8. The summed E-state index contributed by atoms with van der Waals surface area (Å²) in [6.07, 6.45) is 0. The summed E-state index contributed by atoms with van der Waals surface area (Å²) in [7, 11) is 0. The van der Waals surface area contributed by atoms with Gasteiger partial charge in [-0.15, -0.1) is 0 Å². The molecular weight excluding hydrogens is 548 g/mol. The summed E-state index contributed by atoms with van der Waals surface area (Å²) in [5, 5.41) is 24.9. The van der Waals surface area contributed by atoms with Crippen molar-refractivity contribution < 1.29 is 26.9 Å². The monoisotopic (exact) mass is 569 g/mol. The standard InChI is InChI=1S/2C14H11N3O2.Cu/c2*1-8-3-5-10-7-12(17(18)19)11-6-4-9(2)16-14(11)13(10)15-8;/h2*3-7H,1-2H3;/q;;+1. The van der Waals surface area contributed by atoms with Crippen LogP contribution in [0.25, 0.3) is 43.6 Å². The maximum absolute atomic E-state index is 11.2. The molecule has 198 valence electrons. The van der Waals surface area contributed by atoms with Crippen molar-refractivity contribution in [3.8, 4) is 0 Å². The van der Waals surface area contributed by atoms with Crippen molar-refractivity contribution in [2.45, 2.75) is 27.7 Å². The van der Waals surface area contributed by atoms with Crippen LogP contribution in [0.2, 0.25) is 0 Å². The molecule has 0 N–H and O–H groups in total. The number of non-ortho nitro benzene ring substituents is 2. The molecule has 0 fully saturated rings. The Morgan fingerprint density at radius 3 is 1.15 bits per heavy atom. The molecule has 0 aliphatic carbocycles. The van der Waals surface area contributed by atoms with Crippen molar-refractivity contribution in [1.29, 1.82) is 0 Å². The number of nitro groups is 2. The van der Waals surface area contributed by atoms with Crippen LogP contribution in [-0.4, -0.2) is 29.8 Å². The van der Waals surface area contributed by atoms with E-state index in [-0.39, 0.29) is 38.3 Å². The van der Waals surface area contributed by atoms with Crippen LogP contribution in [0.3, 0.4) is 0 Å². The van der Waals surface area contributed by atoms with Crippen LogP contribution in [0.1, 0.15) is 22.8 Å². The molecule has 0 spiro atoms. The molecule has 39 heavy (non-hydrogen) atoms. The Morgan fingerprint density at radius 1 is 0.513 bits per heavy atom. The van der Waals surface area contributed by atoms with Crippen LogP contribution in [-0.2, 0) is 17.1 Å². The number of nitrogens with zero attached hydrogens (tertiary/aromatic N) is 6. The fraction of sp³-hybridized carbons (Fsp3) is 0.143. The van der Waals surface area contributed by atoms with Crippen molar-refractivity contribution in [2.75, 3.05) is 0 Å². The normalized spacial score (nSPS) is 10.8. The summed E-state index contributed by atoms with van der Waals surface area (Å²) >= 11 is 0. The molecule has 0 saturated heterocycles. The van der Waals surface area contributed by atoms with Crippen LogP contribution in [0.15, 0.2) is 60.7 Å². The smallest absolute Gasteiger partial charge is 0.258 e. The Labute approximate surface area is 232 Å². The number of pyridine rings is 4. The van der Waals surface area contributed by atoms with Gasteiger partial charge in [0, 0.05) is 45.7 Å². The van der Waals surface area contributed by atoms with E-state index in [2.05, 4.69) is 19.9 Å². The molecule has 2 aromatic carbocycles. The Bertz CT molecular complexity index is 1800. The number of aryl methyl sites for hydroxylation is 4. The second kappa shape index (κ2) is 10.6. The summed E-state index contributed by atoms with van der Waals surface area (Å²) < 4.78 is 0. The van der Waals surface area contributed by atoms with Crippen LogP contribution in [0, 0.1) is 47.9 Å². The predicted octanol–water partition coefficient (Wildman–Crippen LogP) is 6.61. The Hall–Kier alpha value is -4.60. The molecule has 0 saturated carbocycles. The fourth-order valence-electron chi connectivity index (χ4n) is 4.39. The summed E-state index contributed by atoms with van der Waals surface area (Å²) in [6.45, 7) is 7.50. The number of hydrogen-bond donors (Lipinski definition) is 0. The molecule has 0 radical (unpaired) electrons. The number of nitro benzene ring substituents is 2. The predicted molar refractivity (Wildman–Crippen MR) is 146 cm³/mol. The summed E-state index contributed by atoms with van der Waals surface area (Å²) in [6, 6.07) is 17.5. The van der Waals surface area contributed by atoms with Gasteiger partial charge in [-0.3, -0.25) is 40.2 Å².